The van der Waals surface area contributed by atoms with Crippen LogP contribution in [0.3, 0.4) is 0 Å². The van der Waals surface area contributed by atoms with Gasteiger partial charge in [-0.15, -0.1) is 0 Å². The first-order chi connectivity index (χ1) is 18.1. The third-order valence-electron chi connectivity index (χ3n) is 6.45. The number of halogens is 3. The Labute approximate surface area is 220 Å². The number of amides is 1. The Morgan fingerprint density at radius 2 is 1.42 bits per heavy atom. The zero-order valence-corrected chi connectivity index (χ0v) is 21.6. The Morgan fingerprint density at radius 1 is 0.842 bits per heavy atom. The lowest BCUT2D eigenvalue weighted by molar-refractivity contribution is -0.113. The van der Waals surface area contributed by atoms with E-state index in [0.717, 1.165) is 30.7 Å². The maximum atomic E-state index is 13.8. The van der Waals surface area contributed by atoms with Gasteiger partial charge >= 0.3 is 0 Å². The molecule has 7 heteroatoms. The van der Waals surface area contributed by atoms with Gasteiger partial charge in [-0.2, -0.15) is 0 Å². The summed E-state index contributed by atoms with van der Waals surface area (Å²) >= 11 is 0. The topological polar surface area (TPSA) is 40.6 Å². The number of carbonyl (C=O) groups excluding carboxylic acids is 2. The fraction of sp³-hybridized carbons (Fsp3) is 0.226. The number of aryl methyl sites for hydroxylation is 1. The van der Waals surface area contributed by atoms with Gasteiger partial charge in [0.05, 0.1) is 13.1 Å². The average molecular weight is 519 g/mol. The van der Waals surface area contributed by atoms with E-state index in [2.05, 4.69) is 4.90 Å². The summed E-state index contributed by atoms with van der Waals surface area (Å²) in [6.45, 7) is 2.59. The first-order valence-electron chi connectivity index (χ1n) is 12.3. The van der Waals surface area contributed by atoms with Gasteiger partial charge in [-0.1, -0.05) is 24.3 Å². The standard InChI is InChI=1S/C31H29F3N2O2/c1-20-14-22(6-10-27(20)32)15-25-18-36(31(38)24-8-4-21(5-9-24)12-13-35(2)3)19-26(30(25)37)16-23-7-11-28(33)29(34)17-23/h4-11,14-17H,12-13,18-19H2,1-3H3/b25-15+,26-16+. The molecule has 0 N–H and O–H groups in total. The number of Topliss-reactive ketones (excluding diaryl/α,β-unsaturated/α-hetero) is 1. The van der Waals surface area contributed by atoms with E-state index in [1.807, 2.05) is 26.2 Å². The molecule has 0 saturated carbocycles. The second kappa shape index (κ2) is 11.6. The summed E-state index contributed by atoms with van der Waals surface area (Å²) in [5, 5.41) is 0. The van der Waals surface area contributed by atoms with Crippen molar-refractivity contribution in [2.75, 3.05) is 33.7 Å². The summed E-state index contributed by atoms with van der Waals surface area (Å²) in [7, 11) is 4.00. The van der Waals surface area contributed by atoms with Crippen molar-refractivity contribution in [2.24, 2.45) is 0 Å². The predicted molar refractivity (Wildman–Crippen MR) is 143 cm³/mol. The molecule has 3 aromatic rings. The van der Waals surface area contributed by atoms with Gasteiger partial charge < -0.3 is 9.80 Å². The maximum absolute atomic E-state index is 13.8. The number of nitrogens with zero attached hydrogens (tertiary/aromatic N) is 2. The molecular weight excluding hydrogens is 489 g/mol. The minimum atomic E-state index is -1.03. The van der Waals surface area contributed by atoms with Crippen LogP contribution < -0.4 is 0 Å². The SMILES string of the molecule is Cc1cc(/C=C2\CN(C(=O)c3ccc(CCN(C)C)cc3)C/C(=C\c3ccc(F)c(F)c3)C2=O)ccc1F. The number of carbonyl (C=O) groups is 2. The lowest BCUT2D eigenvalue weighted by Crippen LogP contribution is -2.41. The van der Waals surface area contributed by atoms with Crippen molar-refractivity contribution >= 4 is 23.8 Å². The molecule has 1 heterocycles. The third-order valence-corrected chi connectivity index (χ3v) is 6.45. The predicted octanol–water partition coefficient (Wildman–Crippen LogP) is 5.71. The van der Waals surface area contributed by atoms with Crippen LogP contribution in [0.5, 0.6) is 0 Å². The van der Waals surface area contributed by atoms with E-state index < -0.39 is 11.6 Å². The van der Waals surface area contributed by atoms with Crippen molar-refractivity contribution in [3.8, 4) is 0 Å². The van der Waals surface area contributed by atoms with Crippen LogP contribution in [0.25, 0.3) is 12.2 Å². The third kappa shape index (κ3) is 6.47. The molecule has 0 bridgehead atoms. The number of rotatable bonds is 6. The first-order valence-corrected chi connectivity index (χ1v) is 12.3. The van der Waals surface area contributed by atoms with Gasteiger partial charge in [-0.3, -0.25) is 9.59 Å². The van der Waals surface area contributed by atoms with Gasteiger partial charge in [0.25, 0.3) is 5.91 Å². The van der Waals surface area contributed by atoms with Crippen LogP contribution in [0.2, 0.25) is 0 Å². The molecule has 4 nitrogen and oxygen atoms in total. The summed E-state index contributed by atoms with van der Waals surface area (Å²) in [4.78, 5) is 30.5. The maximum Gasteiger partial charge on any atom is 0.254 e. The van der Waals surface area contributed by atoms with Gasteiger partial charge in [-0.05, 0) is 98.2 Å². The minimum absolute atomic E-state index is 0.0127. The van der Waals surface area contributed by atoms with Crippen molar-refractivity contribution in [1.82, 2.24) is 9.80 Å². The Hall–Kier alpha value is -3.97. The van der Waals surface area contributed by atoms with Crippen molar-refractivity contribution in [2.45, 2.75) is 13.3 Å². The molecule has 1 amide bonds. The Bertz CT molecular complexity index is 1350. The highest BCUT2D eigenvalue weighted by atomic mass is 19.2. The van der Waals surface area contributed by atoms with E-state index >= 15 is 0 Å². The Morgan fingerprint density at radius 3 is 1.97 bits per heavy atom. The zero-order chi connectivity index (χ0) is 27.4. The van der Waals surface area contributed by atoms with Crippen LogP contribution in [0.15, 0.2) is 71.8 Å². The van der Waals surface area contributed by atoms with E-state index in [-0.39, 0.29) is 36.2 Å². The molecule has 4 rings (SSSR count). The quantitative estimate of drug-likeness (QED) is 0.393. The monoisotopic (exact) mass is 518 g/mol. The van der Waals surface area contributed by atoms with Gasteiger partial charge in [0.1, 0.15) is 5.82 Å². The van der Waals surface area contributed by atoms with Crippen LogP contribution in [-0.4, -0.2) is 55.2 Å². The van der Waals surface area contributed by atoms with Gasteiger partial charge in [0.2, 0.25) is 0 Å². The highest BCUT2D eigenvalue weighted by molar-refractivity contribution is 6.15. The van der Waals surface area contributed by atoms with E-state index in [0.29, 0.717) is 27.8 Å². The van der Waals surface area contributed by atoms with Crippen molar-refractivity contribution < 1.29 is 22.8 Å². The summed E-state index contributed by atoms with van der Waals surface area (Å²) in [5.41, 5.74) is 3.56. The Kier molecular flexibility index (Phi) is 8.27. The number of benzene rings is 3. The van der Waals surface area contributed by atoms with Crippen LogP contribution in [0.1, 0.15) is 32.6 Å². The van der Waals surface area contributed by atoms with Crippen molar-refractivity contribution in [3.05, 3.63) is 117 Å². The van der Waals surface area contributed by atoms with Crippen molar-refractivity contribution in [3.63, 3.8) is 0 Å². The molecule has 0 aromatic heterocycles. The molecule has 1 saturated heterocycles. The second-order valence-corrected chi connectivity index (χ2v) is 9.76. The molecule has 196 valence electrons. The lowest BCUT2D eigenvalue weighted by Gasteiger charge is -2.30. The Balaban J connectivity index is 1.67. The smallest absolute Gasteiger partial charge is 0.254 e. The molecule has 1 aliphatic rings. The molecular formula is C31H29F3N2O2. The van der Waals surface area contributed by atoms with Gasteiger partial charge in [0, 0.05) is 23.3 Å². The number of hydrogen-bond donors (Lipinski definition) is 0. The van der Waals surface area contributed by atoms with Crippen molar-refractivity contribution in [1.29, 1.82) is 0 Å². The molecule has 38 heavy (non-hydrogen) atoms. The number of likely N-dealkylation sites (N-methyl/N-ethyl adjacent to an activating group) is 1. The summed E-state index contributed by atoms with van der Waals surface area (Å²) in [5.74, 6) is -2.93. The molecule has 0 aliphatic carbocycles. The van der Waals surface area contributed by atoms with Crippen LogP contribution in [-0.2, 0) is 11.2 Å². The van der Waals surface area contributed by atoms with Crippen LogP contribution in [0, 0.1) is 24.4 Å². The van der Waals surface area contributed by atoms with E-state index in [4.69, 9.17) is 0 Å². The van der Waals surface area contributed by atoms with Gasteiger partial charge in [0.15, 0.2) is 17.4 Å². The molecule has 0 radical (unpaired) electrons. The van der Waals surface area contributed by atoms with E-state index in [1.54, 1.807) is 42.2 Å². The summed E-state index contributed by atoms with van der Waals surface area (Å²) < 4.78 is 41.0. The molecule has 0 unspecified atom stereocenters. The number of hydrogen-bond acceptors (Lipinski definition) is 3. The number of likely N-dealkylation sites (tertiary alicyclic amines) is 1. The highest BCUT2D eigenvalue weighted by Crippen LogP contribution is 2.25. The molecule has 0 spiro atoms. The average Bonchev–Trinajstić information content (AvgIpc) is 2.89. The molecule has 1 fully saturated rings. The normalized spacial score (nSPS) is 16.1. The first kappa shape index (κ1) is 27.1. The van der Waals surface area contributed by atoms with E-state index in [1.165, 1.54) is 18.2 Å². The molecule has 0 atom stereocenters. The fourth-order valence-electron chi connectivity index (χ4n) is 4.29. The summed E-state index contributed by atoms with van der Waals surface area (Å²) in [6.07, 6.45) is 3.96. The molecule has 3 aromatic carbocycles. The van der Waals surface area contributed by atoms with Crippen LogP contribution >= 0.6 is 0 Å². The van der Waals surface area contributed by atoms with Gasteiger partial charge in [-0.25, -0.2) is 13.2 Å². The summed E-state index contributed by atoms with van der Waals surface area (Å²) in [6, 6.07) is 15.3. The van der Waals surface area contributed by atoms with E-state index in [9.17, 15) is 22.8 Å². The second-order valence-electron chi connectivity index (χ2n) is 9.76. The molecule has 1 aliphatic heterocycles. The largest absolute Gasteiger partial charge is 0.330 e. The highest BCUT2D eigenvalue weighted by Gasteiger charge is 2.30. The lowest BCUT2D eigenvalue weighted by atomic mass is 9.93. The number of ketones is 1. The number of piperidine rings is 1. The van der Waals surface area contributed by atoms with Crippen LogP contribution in [0.4, 0.5) is 13.2 Å². The fourth-order valence-corrected chi connectivity index (χ4v) is 4.29. The zero-order valence-electron chi connectivity index (χ0n) is 21.6. The minimum Gasteiger partial charge on any atom is -0.330 e.